The molecule has 48 heavy (non-hydrogen) atoms. The van der Waals surface area contributed by atoms with E-state index in [0.717, 1.165) is 38.7 Å². The van der Waals surface area contributed by atoms with Gasteiger partial charge >= 0.3 is 0 Å². The van der Waals surface area contributed by atoms with Crippen LogP contribution in [0.2, 0.25) is 0 Å². The van der Waals surface area contributed by atoms with Crippen LogP contribution in [0.3, 0.4) is 0 Å². The van der Waals surface area contributed by atoms with Crippen molar-refractivity contribution in [2.45, 2.75) is 0 Å². The summed E-state index contributed by atoms with van der Waals surface area (Å²) in [6.07, 6.45) is 0. The summed E-state index contributed by atoms with van der Waals surface area (Å²) in [6, 6.07) is 55.5. The third-order valence-corrected chi connectivity index (χ3v) is 10.4. The van der Waals surface area contributed by atoms with Gasteiger partial charge in [0.25, 0.3) is 0 Å². The Hall–Kier alpha value is -6.17. The number of para-hydroxylation sites is 2. The van der Waals surface area contributed by atoms with Crippen LogP contribution in [0.4, 0.5) is 0 Å². The lowest BCUT2D eigenvalue weighted by atomic mass is 10.0. The van der Waals surface area contributed by atoms with E-state index in [1.807, 2.05) is 29.5 Å². The van der Waals surface area contributed by atoms with Crippen LogP contribution in [0.15, 0.2) is 158 Å². The lowest BCUT2D eigenvalue weighted by molar-refractivity contribution is 1.08. The molecule has 0 aliphatic rings. The molecule has 0 radical (unpaired) electrons. The standard InChI is InChI=1S/C43H26N4S/c1-3-12-27(13-4-1)41-44-42(29-22-23-38-35(24-29)31-17-7-9-20-37(31)47(38)30-15-5-2-6-16-30)46-43(45-41)33-19-11-14-28-25-40-36(26-34(28)33)32-18-8-10-21-39(32)48-40/h1-26H. The Morgan fingerprint density at radius 2 is 1.08 bits per heavy atom. The highest BCUT2D eigenvalue weighted by atomic mass is 32.1. The number of aromatic nitrogens is 4. The first-order valence-corrected chi connectivity index (χ1v) is 16.9. The van der Waals surface area contributed by atoms with E-state index in [-0.39, 0.29) is 0 Å². The zero-order valence-electron chi connectivity index (χ0n) is 25.7. The SMILES string of the molecule is c1ccc(-c2nc(-c3ccc4c(c3)c3ccccc3n4-c3ccccc3)nc(-c3cccc4cc5sc6ccccc6c5cc34)n2)cc1. The molecular weight excluding hydrogens is 605 g/mol. The second-order valence-corrected chi connectivity index (χ2v) is 13.1. The van der Waals surface area contributed by atoms with Crippen molar-refractivity contribution in [3.05, 3.63) is 158 Å². The summed E-state index contributed by atoms with van der Waals surface area (Å²) in [5, 5.41) is 7.19. The summed E-state index contributed by atoms with van der Waals surface area (Å²) in [5.74, 6) is 1.97. The van der Waals surface area contributed by atoms with Crippen LogP contribution in [-0.4, -0.2) is 19.5 Å². The first kappa shape index (κ1) is 27.0. The highest BCUT2D eigenvalue weighted by Crippen LogP contribution is 2.39. The molecule has 0 unspecified atom stereocenters. The number of thiophene rings is 1. The molecule has 0 N–H and O–H groups in total. The summed E-state index contributed by atoms with van der Waals surface area (Å²) in [6.45, 7) is 0. The molecule has 7 aromatic carbocycles. The normalized spacial score (nSPS) is 11.8. The fourth-order valence-corrected chi connectivity index (χ4v) is 8.14. The summed E-state index contributed by atoms with van der Waals surface area (Å²) in [7, 11) is 0. The van der Waals surface area contributed by atoms with Crippen molar-refractivity contribution in [1.82, 2.24) is 19.5 Å². The van der Waals surface area contributed by atoms with Gasteiger partial charge in [0.05, 0.1) is 11.0 Å². The van der Waals surface area contributed by atoms with Gasteiger partial charge in [-0.3, -0.25) is 0 Å². The highest BCUT2D eigenvalue weighted by Gasteiger charge is 2.18. The molecule has 3 aromatic heterocycles. The second-order valence-electron chi connectivity index (χ2n) is 12.1. The molecule has 0 aliphatic carbocycles. The highest BCUT2D eigenvalue weighted by molar-refractivity contribution is 7.25. The molecule has 0 bridgehead atoms. The van der Waals surface area contributed by atoms with E-state index >= 15 is 0 Å². The summed E-state index contributed by atoms with van der Waals surface area (Å²) in [5.41, 5.74) is 6.34. The Kier molecular flexibility index (Phi) is 6.01. The van der Waals surface area contributed by atoms with Gasteiger partial charge in [-0.25, -0.2) is 15.0 Å². The van der Waals surface area contributed by atoms with Crippen molar-refractivity contribution in [3.63, 3.8) is 0 Å². The largest absolute Gasteiger partial charge is 0.309 e. The van der Waals surface area contributed by atoms with Crippen molar-refractivity contribution < 1.29 is 0 Å². The fourth-order valence-electron chi connectivity index (χ4n) is 7.00. The van der Waals surface area contributed by atoms with E-state index in [4.69, 9.17) is 15.0 Å². The van der Waals surface area contributed by atoms with Gasteiger partial charge in [0, 0.05) is 53.3 Å². The van der Waals surface area contributed by atoms with Crippen molar-refractivity contribution in [2.75, 3.05) is 0 Å². The number of fused-ring (bicyclic) bond motifs is 7. The van der Waals surface area contributed by atoms with Gasteiger partial charge in [0.15, 0.2) is 17.5 Å². The van der Waals surface area contributed by atoms with Crippen LogP contribution in [0.1, 0.15) is 0 Å². The van der Waals surface area contributed by atoms with Crippen LogP contribution < -0.4 is 0 Å². The number of nitrogens with zero attached hydrogens (tertiary/aromatic N) is 4. The molecule has 0 fully saturated rings. The van der Waals surface area contributed by atoms with E-state index in [2.05, 4.69) is 144 Å². The van der Waals surface area contributed by atoms with E-state index in [1.54, 1.807) is 0 Å². The maximum atomic E-state index is 5.21. The average molecular weight is 631 g/mol. The first-order valence-electron chi connectivity index (χ1n) is 16.0. The van der Waals surface area contributed by atoms with Crippen LogP contribution >= 0.6 is 11.3 Å². The molecule has 0 amide bonds. The lowest BCUT2D eigenvalue weighted by Crippen LogP contribution is -2.00. The lowest BCUT2D eigenvalue weighted by Gasteiger charge is -2.11. The second kappa shape index (κ2) is 10.7. The van der Waals surface area contributed by atoms with E-state index < -0.39 is 0 Å². The number of rotatable bonds is 4. The Morgan fingerprint density at radius 1 is 0.396 bits per heavy atom. The van der Waals surface area contributed by atoms with Crippen molar-refractivity contribution in [2.24, 2.45) is 0 Å². The van der Waals surface area contributed by atoms with Gasteiger partial charge in [-0.15, -0.1) is 11.3 Å². The topological polar surface area (TPSA) is 43.6 Å². The van der Waals surface area contributed by atoms with Crippen molar-refractivity contribution >= 4 is 64.1 Å². The molecule has 224 valence electrons. The summed E-state index contributed by atoms with van der Waals surface area (Å²) in [4.78, 5) is 15.4. The molecule has 4 nitrogen and oxygen atoms in total. The molecule has 10 rings (SSSR count). The van der Waals surface area contributed by atoms with Crippen molar-refractivity contribution in [3.8, 4) is 39.9 Å². The minimum absolute atomic E-state index is 0.649. The van der Waals surface area contributed by atoms with E-state index in [0.29, 0.717) is 17.5 Å². The predicted molar refractivity (Wildman–Crippen MR) is 201 cm³/mol. The summed E-state index contributed by atoms with van der Waals surface area (Å²) < 4.78 is 4.90. The maximum absolute atomic E-state index is 5.21. The van der Waals surface area contributed by atoms with Crippen molar-refractivity contribution in [1.29, 1.82) is 0 Å². The third-order valence-electron chi connectivity index (χ3n) is 9.23. The van der Waals surface area contributed by atoms with Gasteiger partial charge in [-0.05, 0) is 65.4 Å². The van der Waals surface area contributed by atoms with Gasteiger partial charge in [-0.2, -0.15) is 0 Å². The molecule has 10 aromatic rings. The number of hydrogen-bond acceptors (Lipinski definition) is 4. The molecule has 0 saturated carbocycles. The monoisotopic (exact) mass is 630 g/mol. The van der Waals surface area contributed by atoms with Crippen LogP contribution in [-0.2, 0) is 0 Å². The quantitative estimate of drug-likeness (QED) is 0.194. The smallest absolute Gasteiger partial charge is 0.164 e. The fraction of sp³-hybridized carbons (Fsp3) is 0. The van der Waals surface area contributed by atoms with E-state index in [9.17, 15) is 0 Å². The predicted octanol–water partition coefficient (Wildman–Crippen LogP) is 11.5. The van der Waals surface area contributed by atoms with Crippen LogP contribution in [0.5, 0.6) is 0 Å². The maximum Gasteiger partial charge on any atom is 0.164 e. The average Bonchev–Trinajstić information content (AvgIpc) is 3.69. The van der Waals surface area contributed by atoms with Gasteiger partial charge in [-0.1, -0.05) is 103 Å². The minimum Gasteiger partial charge on any atom is -0.309 e. The minimum atomic E-state index is 0.649. The summed E-state index contributed by atoms with van der Waals surface area (Å²) >= 11 is 1.84. The molecule has 0 spiro atoms. The molecular formula is C43H26N4S. The van der Waals surface area contributed by atoms with Crippen LogP contribution in [0, 0.1) is 0 Å². The molecule has 0 saturated heterocycles. The third kappa shape index (κ3) is 4.25. The Labute approximate surface area is 280 Å². The molecule has 5 heteroatoms. The Balaban J connectivity index is 1.21. The van der Waals surface area contributed by atoms with E-state index in [1.165, 1.54) is 36.5 Å². The number of benzene rings is 7. The molecule has 3 heterocycles. The Bertz CT molecular complexity index is 2830. The van der Waals surface area contributed by atoms with Gasteiger partial charge in [0.1, 0.15) is 0 Å². The zero-order valence-corrected chi connectivity index (χ0v) is 26.5. The first-order chi connectivity index (χ1) is 23.8. The van der Waals surface area contributed by atoms with Gasteiger partial charge < -0.3 is 4.57 Å². The zero-order chi connectivity index (χ0) is 31.6. The molecule has 0 atom stereocenters. The number of hydrogen-bond donors (Lipinski definition) is 0. The van der Waals surface area contributed by atoms with Gasteiger partial charge in [0.2, 0.25) is 0 Å². The Morgan fingerprint density at radius 3 is 1.94 bits per heavy atom. The van der Waals surface area contributed by atoms with Crippen LogP contribution in [0.25, 0.3) is 92.6 Å². The molecule has 0 aliphatic heterocycles.